The standard InChI is InChI=1S/C14H14NO2/c1-2-3-4-11-8-14(17)15-13-6-5-10(9-16)7-12(11)13/h5-8H,2-4H2,1H3,(H,15,17). The highest BCUT2D eigenvalue weighted by atomic mass is 16.1. The zero-order valence-corrected chi connectivity index (χ0v) is 9.75. The fraction of sp³-hybridized carbons (Fsp3) is 0.286. The van der Waals surface area contributed by atoms with E-state index in [0.717, 1.165) is 35.7 Å². The normalized spacial score (nSPS) is 10.6. The van der Waals surface area contributed by atoms with Crippen molar-refractivity contribution >= 4 is 17.2 Å². The number of hydrogen-bond acceptors (Lipinski definition) is 2. The number of rotatable bonds is 4. The van der Waals surface area contributed by atoms with Crippen LogP contribution >= 0.6 is 0 Å². The van der Waals surface area contributed by atoms with Crippen molar-refractivity contribution in [2.45, 2.75) is 26.2 Å². The van der Waals surface area contributed by atoms with E-state index in [1.807, 2.05) is 6.29 Å². The van der Waals surface area contributed by atoms with Crippen molar-refractivity contribution in [2.24, 2.45) is 0 Å². The predicted octanol–water partition coefficient (Wildman–Crippen LogP) is 2.33. The lowest BCUT2D eigenvalue weighted by molar-refractivity contribution is 0.563. The van der Waals surface area contributed by atoms with Crippen molar-refractivity contribution in [1.29, 1.82) is 0 Å². The second-order valence-corrected chi connectivity index (χ2v) is 4.12. The summed E-state index contributed by atoms with van der Waals surface area (Å²) >= 11 is 0. The summed E-state index contributed by atoms with van der Waals surface area (Å²) in [6.45, 7) is 2.11. The molecule has 87 valence electrons. The molecule has 3 heteroatoms. The third-order valence-electron chi connectivity index (χ3n) is 2.85. The van der Waals surface area contributed by atoms with Gasteiger partial charge in [0, 0.05) is 22.5 Å². The van der Waals surface area contributed by atoms with E-state index < -0.39 is 0 Å². The monoisotopic (exact) mass is 228 g/mol. The molecule has 1 heterocycles. The minimum atomic E-state index is -0.0913. The van der Waals surface area contributed by atoms with Crippen LogP contribution in [-0.2, 0) is 11.2 Å². The lowest BCUT2D eigenvalue weighted by atomic mass is 10.0. The Morgan fingerprint density at radius 1 is 1.29 bits per heavy atom. The third kappa shape index (κ3) is 2.44. The molecule has 3 nitrogen and oxygen atoms in total. The highest BCUT2D eigenvalue weighted by molar-refractivity contribution is 5.88. The van der Waals surface area contributed by atoms with Crippen molar-refractivity contribution in [2.75, 3.05) is 0 Å². The van der Waals surface area contributed by atoms with E-state index in [1.54, 1.807) is 24.3 Å². The number of aryl methyl sites for hydroxylation is 1. The lowest BCUT2D eigenvalue weighted by Crippen LogP contribution is -2.07. The molecule has 0 aliphatic heterocycles. The van der Waals surface area contributed by atoms with Gasteiger partial charge in [-0.25, -0.2) is 0 Å². The number of aromatic nitrogens is 1. The number of hydrogen-bond donors (Lipinski definition) is 1. The molecule has 0 spiro atoms. The number of H-pyrrole nitrogens is 1. The minimum absolute atomic E-state index is 0.0913. The summed E-state index contributed by atoms with van der Waals surface area (Å²) in [5, 5.41) is 0.943. The van der Waals surface area contributed by atoms with Gasteiger partial charge in [0.05, 0.1) is 0 Å². The maximum Gasteiger partial charge on any atom is 0.248 e. The highest BCUT2D eigenvalue weighted by Gasteiger charge is 2.04. The average molecular weight is 228 g/mol. The number of benzene rings is 1. The van der Waals surface area contributed by atoms with Gasteiger partial charge < -0.3 is 4.98 Å². The van der Waals surface area contributed by atoms with Crippen molar-refractivity contribution < 1.29 is 4.79 Å². The van der Waals surface area contributed by atoms with Gasteiger partial charge in [0.25, 0.3) is 0 Å². The van der Waals surface area contributed by atoms with Crippen LogP contribution in [-0.4, -0.2) is 11.3 Å². The Bertz CT molecular complexity index is 599. The van der Waals surface area contributed by atoms with Gasteiger partial charge in [0.15, 0.2) is 0 Å². The van der Waals surface area contributed by atoms with E-state index >= 15 is 0 Å². The van der Waals surface area contributed by atoms with Crippen LogP contribution in [0.4, 0.5) is 0 Å². The number of nitrogens with one attached hydrogen (secondary N) is 1. The molecule has 0 atom stereocenters. The van der Waals surface area contributed by atoms with Crippen LogP contribution in [0, 0.1) is 0 Å². The molecule has 1 aromatic heterocycles. The number of unbranched alkanes of at least 4 members (excludes halogenated alkanes) is 1. The summed E-state index contributed by atoms with van der Waals surface area (Å²) in [6, 6.07) is 6.82. The lowest BCUT2D eigenvalue weighted by Gasteiger charge is -2.05. The van der Waals surface area contributed by atoms with Crippen LogP contribution in [0.25, 0.3) is 10.9 Å². The largest absolute Gasteiger partial charge is 0.322 e. The fourth-order valence-electron chi connectivity index (χ4n) is 1.96. The molecule has 2 rings (SSSR count). The van der Waals surface area contributed by atoms with Crippen LogP contribution in [0.2, 0.25) is 0 Å². The molecule has 2 aromatic rings. The molecule has 0 bridgehead atoms. The van der Waals surface area contributed by atoms with Crippen LogP contribution < -0.4 is 5.56 Å². The molecule has 17 heavy (non-hydrogen) atoms. The van der Waals surface area contributed by atoms with Gasteiger partial charge in [-0.05, 0) is 36.6 Å². The van der Waals surface area contributed by atoms with E-state index in [2.05, 4.69) is 11.9 Å². The number of aromatic amines is 1. The summed E-state index contributed by atoms with van der Waals surface area (Å²) in [7, 11) is 0. The number of fused-ring (bicyclic) bond motifs is 1. The Balaban J connectivity index is 2.61. The smallest absolute Gasteiger partial charge is 0.248 e. The second kappa shape index (κ2) is 4.95. The molecule has 0 amide bonds. The van der Waals surface area contributed by atoms with Gasteiger partial charge >= 0.3 is 0 Å². The first-order chi connectivity index (χ1) is 8.24. The molecule has 0 saturated carbocycles. The minimum Gasteiger partial charge on any atom is -0.322 e. The molecule has 0 unspecified atom stereocenters. The summed E-state index contributed by atoms with van der Waals surface area (Å²) in [5.41, 5.74) is 2.21. The quantitative estimate of drug-likeness (QED) is 0.873. The summed E-state index contributed by atoms with van der Waals surface area (Å²) in [4.78, 5) is 24.9. The van der Waals surface area contributed by atoms with Gasteiger partial charge in [0.2, 0.25) is 11.8 Å². The molecule has 0 aliphatic carbocycles. The highest BCUT2D eigenvalue weighted by Crippen LogP contribution is 2.18. The first kappa shape index (κ1) is 11.6. The van der Waals surface area contributed by atoms with E-state index in [0.29, 0.717) is 5.56 Å². The van der Waals surface area contributed by atoms with E-state index in [1.165, 1.54) is 0 Å². The van der Waals surface area contributed by atoms with Gasteiger partial charge in [-0.15, -0.1) is 0 Å². The maximum absolute atomic E-state index is 11.5. The number of pyridine rings is 1. The molecule has 0 saturated heterocycles. The van der Waals surface area contributed by atoms with Crippen molar-refractivity contribution in [1.82, 2.24) is 4.98 Å². The predicted molar refractivity (Wildman–Crippen MR) is 68.0 cm³/mol. The summed E-state index contributed by atoms with van der Waals surface area (Å²) in [5.74, 6) is 0. The van der Waals surface area contributed by atoms with E-state index in [4.69, 9.17) is 0 Å². The zero-order valence-electron chi connectivity index (χ0n) is 9.75. The van der Waals surface area contributed by atoms with Crippen molar-refractivity contribution in [3.8, 4) is 0 Å². The molecular weight excluding hydrogens is 214 g/mol. The first-order valence-corrected chi connectivity index (χ1v) is 5.78. The summed E-state index contributed by atoms with van der Waals surface area (Å²) < 4.78 is 0. The van der Waals surface area contributed by atoms with Crippen LogP contribution in [0.5, 0.6) is 0 Å². The Morgan fingerprint density at radius 3 is 2.82 bits per heavy atom. The van der Waals surface area contributed by atoms with Gasteiger partial charge in [-0.1, -0.05) is 13.3 Å². The van der Waals surface area contributed by atoms with Crippen molar-refractivity contribution in [3.63, 3.8) is 0 Å². The molecule has 0 fully saturated rings. The van der Waals surface area contributed by atoms with E-state index in [9.17, 15) is 9.59 Å². The van der Waals surface area contributed by atoms with Crippen LogP contribution in [0.3, 0.4) is 0 Å². The van der Waals surface area contributed by atoms with Gasteiger partial charge in [-0.2, -0.15) is 0 Å². The SMILES string of the molecule is CCCCc1cc(=O)[nH]c2ccc([C]=O)cc12. The number of carbonyl (C=O) groups excluding carboxylic acids is 1. The van der Waals surface area contributed by atoms with E-state index in [-0.39, 0.29) is 5.56 Å². The van der Waals surface area contributed by atoms with Gasteiger partial charge in [0.1, 0.15) is 0 Å². The molecule has 1 aromatic carbocycles. The van der Waals surface area contributed by atoms with Crippen molar-refractivity contribution in [3.05, 3.63) is 45.7 Å². The average Bonchev–Trinajstić information content (AvgIpc) is 2.35. The maximum atomic E-state index is 11.5. The Morgan fingerprint density at radius 2 is 2.12 bits per heavy atom. The Hall–Kier alpha value is -1.90. The molecule has 0 aliphatic rings. The zero-order chi connectivity index (χ0) is 12.3. The first-order valence-electron chi connectivity index (χ1n) is 5.78. The molecule has 1 radical (unpaired) electrons. The molecule has 1 N–H and O–H groups in total. The summed E-state index contributed by atoms with van der Waals surface area (Å²) in [6.07, 6.45) is 4.85. The molecular formula is C14H14NO2. The van der Waals surface area contributed by atoms with Gasteiger partial charge in [-0.3, -0.25) is 9.59 Å². The Kier molecular flexibility index (Phi) is 3.38. The Labute approximate surface area is 99.5 Å². The van der Waals surface area contributed by atoms with Crippen LogP contribution in [0.15, 0.2) is 29.1 Å². The fourth-order valence-corrected chi connectivity index (χ4v) is 1.96. The van der Waals surface area contributed by atoms with Crippen LogP contribution in [0.1, 0.15) is 30.9 Å². The second-order valence-electron chi connectivity index (χ2n) is 4.12. The topological polar surface area (TPSA) is 49.9 Å². The third-order valence-corrected chi connectivity index (χ3v) is 2.85.